The molecule has 0 aliphatic carbocycles. The molecule has 4 heterocycles. The molecule has 0 atom stereocenters. The van der Waals surface area contributed by atoms with E-state index in [1.165, 1.54) is 0 Å². The molecule has 7 nitrogen and oxygen atoms in total. The first kappa shape index (κ1) is 19.1. The van der Waals surface area contributed by atoms with Gasteiger partial charge in [-0.25, -0.2) is 14.8 Å². The van der Waals surface area contributed by atoms with Gasteiger partial charge in [-0.15, -0.1) is 0 Å². The van der Waals surface area contributed by atoms with Gasteiger partial charge < -0.3 is 20.0 Å². The van der Waals surface area contributed by atoms with Crippen molar-refractivity contribution in [3.8, 4) is 0 Å². The highest BCUT2D eigenvalue weighted by molar-refractivity contribution is 6.36. The second kappa shape index (κ2) is 8.41. The van der Waals surface area contributed by atoms with Crippen LogP contribution in [0.3, 0.4) is 0 Å². The molecule has 2 amide bonds. The molecule has 2 aromatic heterocycles. The number of rotatable bonds is 3. The number of nitrogens with zero attached hydrogens (tertiary/aromatic N) is 5. The van der Waals surface area contributed by atoms with Crippen molar-refractivity contribution in [1.29, 1.82) is 0 Å². The highest BCUT2D eigenvalue weighted by atomic mass is 35.5. The van der Waals surface area contributed by atoms with E-state index in [-0.39, 0.29) is 6.03 Å². The van der Waals surface area contributed by atoms with Crippen molar-refractivity contribution in [2.45, 2.75) is 12.8 Å². The molecule has 28 heavy (non-hydrogen) atoms. The molecule has 0 radical (unpaired) electrons. The smallest absolute Gasteiger partial charge is 0.322 e. The van der Waals surface area contributed by atoms with Crippen molar-refractivity contribution in [2.75, 3.05) is 54.4 Å². The van der Waals surface area contributed by atoms with Crippen LogP contribution in [-0.2, 0) is 0 Å². The molecule has 0 unspecified atom stereocenters. The SMILES string of the molecule is O=C(Nc1cccnc1N1CCCC1)N1CCN(c2ncc(Cl)cc2Cl)CC1. The maximum Gasteiger partial charge on any atom is 0.322 e. The molecule has 2 aliphatic rings. The summed E-state index contributed by atoms with van der Waals surface area (Å²) in [5, 5.41) is 4.07. The van der Waals surface area contributed by atoms with Crippen molar-refractivity contribution in [1.82, 2.24) is 14.9 Å². The van der Waals surface area contributed by atoms with Crippen LogP contribution in [0.1, 0.15) is 12.8 Å². The van der Waals surface area contributed by atoms with Crippen LogP contribution in [0.25, 0.3) is 0 Å². The molecular weight excluding hydrogens is 399 g/mol. The zero-order chi connectivity index (χ0) is 19.5. The average molecular weight is 421 g/mol. The Morgan fingerprint density at radius 2 is 1.68 bits per heavy atom. The molecule has 0 saturated carbocycles. The molecule has 2 aromatic rings. The lowest BCUT2D eigenvalue weighted by molar-refractivity contribution is 0.208. The normalized spacial score (nSPS) is 17.1. The number of aromatic nitrogens is 2. The number of hydrogen-bond donors (Lipinski definition) is 1. The number of carbonyl (C=O) groups excluding carboxylic acids is 1. The van der Waals surface area contributed by atoms with E-state index in [2.05, 4.69) is 25.1 Å². The molecule has 9 heteroatoms. The summed E-state index contributed by atoms with van der Waals surface area (Å²) < 4.78 is 0. The fourth-order valence-corrected chi connectivity index (χ4v) is 4.13. The van der Waals surface area contributed by atoms with Crippen molar-refractivity contribution in [3.63, 3.8) is 0 Å². The van der Waals surface area contributed by atoms with E-state index in [0.29, 0.717) is 42.0 Å². The summed E-state index contributed by atoms with van der Waals surface area (Å²) in [6, 6.07) is 5.34. The predicted molar refractivity (Wildman–Crippen MR) is 113 cm³/mol. The van der Waals surface area contributed by atoms with Gasteiger partial charge in [0.25, 0.3) is 0 Å². The Bertz CT molecular complexity index is 850. The van der Waals surface area contributed by atoms with Gasteiger partial charge in [-0.05, 0) is 31.0 Å². The van der Waals surface area contributed by atoms with Gasteiger partial charge >= 0.3 is 6.03 Å². The highest BCUT2D eigenvalue weighted by Crippen LogP contribution is 2.28. The third-order valence-electron chi connectivity index (χ3n) is 5.09. The number of anilines is 3. The minimum atomic E-state index is -0.108. The summed E-state index contributed by atoms with van der Waals surface area (Å²) in [5.74, 6) is 1.55. The Morgan fingerprint density at radius 3 is 2.39 bits per heavy atom. The number of piperazine rings is 1. The summed E-state index contributed by atoms with van der Waals surface area (Å²) in [7, 11) is 0. The van der Waals surface area contributed by atoms with Crippen LogP contribution in [0.15, 0.2) is 30.6 Å². The molecule has 148 valence electrons. The Hall–Kier alpha value is -2.25. The standard InChI is InChI=1S/C19H22Cl2N6O/c20-14-12-15(21)17(23-13-14)26-8-10-27(11-9-26)19(28)24-16-4-3-5-22-18(16)25-6-1-2-7-25/h3-5,12-13H,1-2,6-11H2,(H,24,28). The average Bonchev–Trinajstić information content (AvgIpc) is 3.23. The van der Waals surface area contributed by atoms with Gasteiger partial charge in [0.15, 0.2) is 5.82 Å². The number of hydrogen-bond acceptors (Lipinski definition) is 5. The second-order valence-corrected chi connectivity index (χ2v) is 7.78. The van der Waals surface area contributed by atoms with Gasteiger partial charge in [0, 0.05) is 51.7 Å². The van der Waals surface area contributed by atoms with E-state index in [9.17, 15) is 4.79 Å². The number of carbonyl (C=O) groups is 1. The Morgan fingerprint density at radius 1 is 0.964 bits per heavy atom. The van der Waals surface area contributed by atoms with Gasteiger partial charge in [0.2, 0.25) is 0 Å². The Balaban J connectivity index is 1.38. The van der Waals surface area contributed by atoms with Gasteiger partial charge in [-0.3, -0.25) is 0 Å². The number of pyridine rings is 2. The fraction of sp³-hybridized carbons (Fsp3) is 0.421. The molecule has 2 fully saturated rings. The first-order chi connectivity index (χ1) is 13.6. The van der Waals surface area contributed by atoms with Crippen LogP contribution in [-0.4, -0.2) is 60.2 Å². The lowest BCUT2D eigenvalue weighted by Crippen LogP contribution is -2.50. The van der Waals surface area contributed by atoms with Gasteiger partial charge in [0.1, 0.15) is 5.82 Å². The van der Waals surface area contributed by atoms with Crippen molar-refractivity contribution in [2.24, 2.45) is 0 Å². The van der Waals surface area contributed by atoms with Crippen LogP contribution >= 0.6 is 23.2 Å². The largest absolute Gasteiger partial charge is 0.355 e. The van der Waals surface area contributed by atoms with Crippen molar-refractivity contribution >= 4 is 46.6 Å². The van der Waals surface area contributed by atoms with E-state index in [1.54, 1.807) is 23.4 Å². The maximum atomic E-state index is 12.8. The van der Waals surface area contributed by atoms with Crippen LogP contribution in [0.2, 0.25) is 10.0 Å². The monoisotopic (exact) mass is 420 g/mol. The molecule has 0 bridgehead atoms. The summed E-state index contributed by atoms with van der Waals surface area (Å²) in [4.78, 5) is 27.7. The molecule has 2 saturated heterocycles. The third kappa shape index (κ3) is 4.10. The quantitative estimate of drug-likeness (QED) is 0.818. The first-order valence-electron chi connectivity index (χ1n) is 9.44. The molecule has 4 rings (SSSR count). The van der Waals surface area contributed by atoms with Gasteiger partial charge in [0.05, 0.1) is 15.7 Å². The predicted octanol–water partition coefficient (Wildman–Crippen LogP) is 3.74. The molecule has 0 aromatic carbocycles. The number of halogens is 2. The minimum Gasteiger partial charge on any atom is -0.355 e. The lowest BCUT2D eigenvalue weighted by Gasteiger charge is -2.35. The van der Waals surface area contributed by atoms with E-state index >= 15 is 0 Å². The summed E-state index contributed by atoms with van der Waals surface area (Å²) in [6.45, 7) is 4.46. The van der Waals surface area contributed by atoms with E-state index < -0.39 is 0 Å². The van der Waals surface area contributed by atoms with Gasteiger partial charge in [-0.2, -0.15) is 0 Å². The molecular formula is C19H22Cl2N6O. The highest BCUT2D eigenvalue weighted by Gasteiger charge is 2.25. The molecule has 1 N–H and O–H groups in total. The fourth-order valence-electron chi connectivity index (χ4n) is 3.63. The number of urea groups is 1. The molecule has 2 aliphatic heterocycles. The zero-order valence-electron chi connectivity index (χ0n) is 15.4. The summed E-state index contributed by atoms with van der Waals surface area (Å²) >= 11 is 12.2. The van der Waals surface area contributed by atoms with E-state index in [1.807, 2.05) is 12.1 Å². The minimum absolute atomic E-state index is 0.108. The van der Waals surface area contributed by atoms with Gasteiger partial charge in [-0.1, -0.05) is 23.2 Å². The van der Waals surface area contributed by atoms with Crippen LogP contribution in [0.5, 0.6) is 0 Å². The number of amides is 2. The maximum absolute atomic E-state index is 12.8. The Kier molecular flexibility index (Phi) is 5.73. The van der Waals surface area contributed by atoms with Crippen molar-refractivity contribution in [3.05, 3.63) is 40.6 Å². The van der Waals surface area contributed by atoms with Crippen LogP contribution in [0.4, 0.5) is 22.1 Å². The van der Waals surface area contributed by atoms with E-state index in [4.69, 9.17) is 23.2 Å². The first-order valence-corrected chi connectivity index (χ1v) is 10.2. The second-order valence-electron chi connectivity index (χ2n) is 6.93. The van der Waals surface area contributed by atoms with E-state index in [0.717, 1.165) is 37.4 Å². The van der Waals surface area contributed by atoms with Crippen LogP contribution in [0, 0.1) is 0 Å². The summed E-state index contributed by atoms with van der Waals surface area (Å²) in [6.07, 6.45) is 5.68. The zero-order valence-corrected chi connectivity index (χ0v) is 17.0. The lowest BCUT2D eigenvalue weighted by atomic mass is 10.3. The summed E-state index contributed by atoms with van der Waals surface area (Å²) in [5.41, 5.74) is 0.763. The van der Waals surface area contributed by atoms with Crippen LogP contribution < -0.4 is 15.1 Å². The molecule has 0 spiro atoms. The number of nitrogens with one attached hydrogen (secondary N) is 1. The third-order valence-corrected chi connectivity index (χ3v) is 5.57. The topological polar surface area (TPSA) is 64.6 Å². The Labute approximate surface area is 174 Å². The van der Waals surface area contributed by atoms with Crippen molar-refractivity contribution < 1.29 is 4.79 Å².